The minimum atomic E-state index is 0.712. The first kappa shape index (κ1) is 14.0. The molecule has 2 rings (SSSR count). The molecule has 0 saturated carbocycles. The van der Waals surface area contributed by atoms with Gasteiger partial charge in [-0.3, -0.25) is 0 Å². The lowest BCUT2D eigenvalue weighted by molar-refractivity contribution is 0.202. The quantitative estimate of drug-likeness (QED) is 0.825. The summed E-state index contributed by atoms with van der Waals surface area (Å²) in [5, 5.41) is 3.43. The molecule has 1 aromatic carbocycles. The monoisotopic (exact) mass is 320 g/mol. The lowest BCUT2D eigenvalue weighted by Gasteiger charge is -2.11. The highest BCUT2D eigenvalue weighted by Gasteiger charge is 2.02. The zero-order valence-electron chi connectivity index (χ0n) is 10.9. The minimum Gasteiger partial charge on any atom is -0.384 e. The Kier molecular flexibility index (Phi) is 5.36. The molecule has 0 aliphatic rings. The topological polar surface area (TPSA) is 34.1 Å². The number of rotatable bonds is 6. The Morgan fingerprint density at radius 3 is 2.79 bits per heavy atom. The molecule has 0 amide bonds. The van der Waals surface area contributed by atoms with E-state index in [1.165, 1.54) is 5.56 Å². The van der Waals surface area contributed by atoms with Crippen LogP contribution in [0.3, 0.4) is 0 Å². The number of methoxy groups -OCH3 is 1. The van der Waals surface area contributed by atoms with E-state index in [-0.39, 0.29) is 0 Å². The van der Waals surface area contributed by atoms with Crippen LogP contribution in [0.4, 0.5) is 5.69 Å². The SMILES string of the molecule is COCCc1ccccc1NCc1cccc(Br)n1. The predicted octanol–water partition coefficient (Wildman–Crippen LogP) is 3.65. The summed E-state index contributed by atoms with van der Waals surface area (Å²) in [7, 11) is 1.72. The van der Waals surface area contributed by atoms with Gasteiger partial charge >= 0.3 is 0 Å². The Labute approximate surface area is 122 Å². The maximum Gasteiger partial charge on any atom is 0.106 e. The van der Waals surface area contributed by atoms with Crippen LogP contribution in [0.5, 0.6) is 0 Å². The number of anilines is 1. The summed E-state index contributed by atoms with van der Waals surface area (Å²) in [6.07, 6.45) is 0.908. The van der Waals surface area contributed by atoms with E-state index in [0.717, 1.165) is 29.0 Å². The Morgan fingerprint density at radius 2 is 2.00 bits per heavy atom. The van der Waals surface area contributed by atoms with Gasteiger partial charge in [0, 0.05) is 12.8 Å². The minimum absolute atomic E-state index is 0.712. The standard InChI is InChI=1S/C15H17BrN2O/c1-19-10-9-12-5-2-3-7-14(12)17-11-13-6-4-8-15(16)18-13/h2-8,17H,9-11H2,1H3. The van der Waals surface area contributed by atoms with Crippen molar-refractivity contribution in [3.05, 3.63) is 58.3 Å². The molecule has 0 atom stereocenters. The number of ether oxygens (including phenoxy) is 1. The van der Waals surface area contributed by atoms with Crippen LogP contribution < -0.4 is 5.32 Å². The Morgan fingerprint density at radius 1 is 1.16 bits per heavy atom. The fourth-order valence-electron chi connectivity index (χ4n) is 1.86. The van der Waals surface area contributed by atoms with Gasteiger partial charge < -0.3 is 10.1 Å². The number of benzene rings is 1. The maximum atomic E-state index is 5.13. The van der Waals surface area contributed by atoms with E-state index in [1.54, 1.807) is 7.11 Å². The van der Waals surface area contributed by atoms with Gasteiger partial charge in [0.15, 0.2) is 0 Å². The first-order valence-electron chi connectivity index (χ1n) is 6.22. The summed E-state index contributed by atoms with van der Waals surface area (Å²) < 4.78 is 5.99. The Balaban J connectivity index is 2.02. The average Bonchev–Trinajstić information content (AvgIpc) is 2.44. The van der Waals surface area contributed by atoms with Crippen molar-refractivity contribution >= 4 is 21.6 Å². The Hall–Kier alpha value is -1.39. The number of nitrogens with zero attached hydrogens (tertiary/aromatic N) is 1. The summed E-state index contributed by atoms with van der Waals surface area (Å²) in [5.74, 6) is 0. The largest absolute Gasteiger partial charge is 0.384 e. The molecule has 0 unspecified atom stereocenters. The van der Waals surface area contributed by atoms with Crippen molar-refractivity contribution < 1.29 is 4.74 Å². The van der Waals surface area contributed by atoms with Crippen molar-refractivity contribution in [3.63, 3.8) is 0 Å². The molecular formula is C15H17BrN2O. The number of aromatic nitrogens is 1. The van der Waals surface area contributed by atoms with Crippen LogP contribution in [0.1, 0.15) is 11.3 Å². The van der Waals surface area contributed by atoms with E-state index in [9.17, 15) is 0 Å². The number of para-hydroxylation sites is 1. The smallest absolute Gasteiger partial charge is 0.106 e. The third-order valence-corrected chi connectivity index (χ3v) is 3.27. The van der Waals surface area contributed by atoms with Gasteiger partial charge in [0.05, 0.1) is 18.8 Å². The van der Waals surface area contributed by atoms with Crippen LogP contribution in [-0.2, 0) is 17.7 Å². The predicted molar refractivity (Wildman–Crippen MR) is 81.3 cm³/mol. The highest BCUT2D eigenvalue weighted by molar-refractivity contribution is 9.10. The molecule has 4 heteroatoms. The normalized spacial score (nSPS) is 10.4. The second-order valence-corrected chi connectivity index (χ2v) is 5.02. The van der Waals surface area contributed by atoms with E-state index in [1.807, 2.05) is 30.3 Å². The molecular weight excluding hydrogens is 304 g/mol. The maximum absolute atomic E-state index is 5.13. The van der Waals surface area contributed by atoms with Gasteiger partial charge in [-0.1, -0.05) is 24.3 Å². The summed E-state index contributed by atoms with van der Waals surface area (Å²) in [6, 6.07) is 14.2. The van der Waals surface area contributed by atoms with Crippen LogP contribution in [0.15, 0.2) is 47.1 Å². The fourth-order valence-corrected chi connectivity index (χ4v) is 2.24. The van der Waals surface area contributed by atoms with E-state index in [2.05, 4.69) is 38.4 Å². The molecule has 0 saturated heterocycles. The van der Waals surface area contributed by atoms with Crippen molar-refractivity contribution in [2.45, 2.75) is 13.0 Å². The van der Waals surface area contributed by atoms with E-state index in [0.29, 0.717) is 6.54 Å². The van der Waals surface area contributed by atoms with Crippen LogP contribution >= 0.6 is 15.9 Å². The van der Waals surface area contributed by atoms with Crippen molar-refractivity contribution in [2.24, 2.45) is 0 Å². The number of hydrogen-bond donors (Lipinski definition) is 1. The lowest BCUT2D eigenvalue weighted by Crippen LogP contribution is -2.05. The van der Waals surface area contributed by atoms with E-state index >= 15 is 0 Å². The highest BCUT2D eigenvalue weighted by Crippen LogP contribution is 2.17. The molecule has 100 valence electrons. The molecule has 0 radical (unpaired) electrons. The molecule has 1 heterocycles. The van der Waals surface area contributed by atoms with Gasteiger partial charge in [-0.2, -0.15) is 0 Å². The number of pyridine rings is 1. The van der Waals surface area contributed by atoms with Gasteiger partial charge in [-0.15, -0.1) is 0 Å². The third-order valence-electron chi connectivity index (χ3n) is 2.83. The molecule has 1 aromatic heterocycles. The van der Waals surface area contributed by atoms with Gasteiger partial charge in [0.1, 0.15) is 4.60 Å². The number of nitrogens with one attached hydrogen (secondary N) is 1. The molecule has 0 aliphatic heterocycles. The highest BCUT2D eigenvalue weighted by atomic mass is 79.9. The molecule has 0 fully saturated rings. The molecule has 19 heavy (non-hydrogen) atoms. The van der Waals surface area contributed by atoms with Crippen LogP contribution in [0.2, 0.25) is 0 Å². The zero-order valence-corrected chi connectivity index (χ0v) is 12.5. The Bertz CT molecular complexity index is 531. The van der Waals surface area contributed by atoms with Crippen molar-refractivity contribution in [2.75, 3.05) is 19.0 Å². The molecule has 2 aromatic rings. The van der Waals surface area contributed by atoms with Gasteiger partial charge in [0.25, 0.3) is 0 Å². The van der Waals surface area contributed by atoms with Crippen LogP contribution in [-0.4, -0.2) is 18.7 Å². The second kappa shape index (κ2) is 7.26. The first-order chi connectivity index (χ1) is 9.29. The van der Waals surface area contributed by atoms with Crippen molar-refractivity contribution in [3.8, 4) is 0 Å². The first-order valence-corrected chi connectivity index (χ1v) is 7.01. The molecule has 1 N–H and O–H groups in total. The van der Waals surface area contributed by atoms with Crippen LogP contribution in [0.25, 0.3) is 0 Å². The summed E-state index contributed by atoms with van der Waals surface area (Å²) >= 11 is 3.38. The van der Waals surface area contributed by atoms with Crippen LogP contribution in [0, 0.1) is 0 Å². The van der Waals surface area contributed by atoms with E-state index in [4.69, 9.17) is 4.74 Å². The van der Waals surface area contributed by atoms with Crippen molar-refractivity contribution in [1.82, 2.24) is 4.98 Å². The second-order valence-electron chi connectivity index (χ2n) is 4.21. The third kappa shape index (κ3) is 4.33. The van der Waals surface area contributed by atoms with Gasteiger partial charge in [-0.05, 0) is 46.1 Å². The molecule has 0 aliphatic carbocycles. The molecule has 0 spiro atoms. The zero-order chi connectivity index (χ0) is 13.5. The van der Waals surface area contributed by atoms with Gasteiger partial charge in [0.2, 0.25) is 0 Å². The number of halogens is 1. The number of hydrogen-bond acceptors (Lipinski definition) is 3. The summed E-state index contributed by atoms with van der Waals surface area (Å²) in [5.41, 5.74) is 3.41. The molecule has 3 nitrogen and oxygen atoms in total. The van der Waals surface area contributed by atoms with E-state index < -0.39 is 0 Å². The van der Waals surface area contributed by atoms with Crippen molar-refractivity contribution in [1.29, 1.82) is 0 Å². The lowest BCUT2D eigenvalue weighted by atomic mass is 10.1. The average molecular weight is 321 g/mol. The van der Waals surface area contributed by atoms with Gasteiger partial charge in [-0.25, -0.2) is 4.98 Å². The summed E-state index contributed by atoms with van der Waals surface area (Å²) in [4.78, 5) is 4.41. The summed E-state index contributed by atoms with van der Waals surface area (Å²) in [6.45, 7) is 1.44. The molecule has 0 bridgehead atoms. The fraction of sp³-hybridized carbons (Fsp3) is 0.267.